The first-order valence-electron chi connectivity index (χ1n) is 12.2. The molecule has 0 aliphatic carbocycles. The number of nitrogens with zero attached hydrogens (tertiary/aromatic N) is 1. The minimum Gasteiger partial charge on any atom is -0.447 e. The van der Waals surface area contributed by atoms with Crippen LogP contribution in [0.25, 0.3) is 0 Å². The standard InChI is InChI=1S/C31H28N2O3S/c1-21-18-22(2)20-24(19-21)32-31(35)30(23-10-4-3-5-11-23)36-29(34)16-17-33-25-12-6-8-14-27(25)37-28-15-9-7-13-26(28)33/h3-15,18-20,30H,16-17H2,1-2H3,(H,32,35). The first kappa shape index (κ1) is 24.7. The number of anilines is 3. The Balaban J connectivity index is 1.33. The van der Waals surface area contributed by atoms with Gasteiger partial charge >= 0.3 is 5.97 Å². The van der Waals surface area contributed by atoms with Crippen molar-refractivity contribution >= 4 is 40.7 Å². The second-order valence-corrected chi connectivity index (χ2v) is 10.2. The Labute approximate surface area is 221 Å². The van der Waals surface area contributed by atoms with Gasteiger partial charge in [0, 0.05) is 27.6 Å². The van der Waals surface area contributed by atoms with Crippen LogP contribution < -0.4 is 10.2 Å². The predicted octanol–water partition coefficient (Wildman–Crippen LogP) is 7.22. The molecule has 0 fully saturated rings. The number of ether oxygens (including phenoxy) is 1. The highest BCUT2D eigenvalue weighted by atomic mass is 32.2. The quantitative estimate of drug-likeness (QED) is 0.267. The highest BCUT2D eigenvalue weighted by Gasteiger charge is 2.27. The summed E-state index contributed by atoms with van der Waals surface area (Å²) >= 11 is 1.72. The number of para-hydroxylation sites is 2. The van der Waals surface area contributed by atoms with Crippen LogP contribution in [0, 0.1) is 13.8 Å². The van der Waals surface area contributed by atoms with Gasteiger partial charge in [0.2, 0.25) is 6.10 Å². The molecule has 37 heavy (non-hydrogen) atoms. The zero-order valence-corrected chi connectivity index (χ0v) is 21.6. The number of carbonyl (C=O) groups excluding carboxylic acids is 2. The summed E-state index contributed by atoms with van der Waals surface area (Å²) in [6.45, 7) is 4.40. The molecule has 0 saturated heterocycles. The van der Waals surface area contributed by atoms with Gasteiger partial charge in [0.25, 0.3) is 5.91 Å². The lowest BCUT2D eigenvalue weighted by Gasteiger charge is -2.32. The summed E-state index contributed by atoms with van der Waals surface area (Å²) in [6.07, 6.45) is -0.918. The Morgan fingerprint density at radius 1 is 0.811 bits per heavy atom. The molecule has 1 heterocycles. The molecule has 5 nitrogen and oxygen atoms in total. The molecule has 0 saturated carbocycles. The first-order chi connectivity index (χ1) is 18.0. The van der Waals surface area contributed by atoms with Crippen LogP contribution in [-0.4, -0.2) is 18.4 Å². The number of nitrogens with one attached hydrogen (secondary N) is 1. The molecule has 0 radical (unpaired) electrons. The van der Waals surface area contributed by atoms with E-state index < -0.39 is 12.1 Å². The van der Waals surface area contributed by atoms with Gasteiger partial charge in [-0.2, -0.15) is 0 Å². The van der Waals surface area contributed by atoms with Crippen LogP contribution in [0.3, 0.4) is 0 Å². The van der Waals surface area contributed by atoms with Crippen LogP contribution in [-0.2, 0) is 14.3 Å². The highest BCUT2D eigenvalue weighted by Crippen LogP contribution is 2.47. The zero-order valence-electron chi connectivity index (χ0n) is 20.8. The van der Waals surface area contributed by atoms with Gasteiger partial charge < -0.3 is 15.0 Å². The molecule has 1 aliphatic heterocycles. The van der Waals surface area contributed by atoms with E-state index in [4.69, 9.17) is 4.74 Å². The molecule has 1 N–H and O–H groups in total. The lowest BCUT2D eigenvalue weighted by molar-refractivity contribution is -0.154. The summed E-state index contributed by atoms with van der Waals surface area (Å²) in [5, 5.41) is 2.93. The molecule has 1 aliphatic rings. The number of carbonyl (C=O) groups is 2. The number of benzene rings is 4. The molecule has 4 aromatic carbocycles. The van der Waals surface area contributed by atoms with Crippen molar-refractivity contribution in [3.05, 3.63) is 114 Å². The molecular formula is C31H28N2O3S. The fraction of sp³-hybridized carbons (Fsp3) is 0.161. The van der Waals surface area contributed by atoms with Crippen LogP contribution >= 0.6 is 11.8 Å². The Morgan fingerprint density at radius 2 is 1.38 bits per heavy atom. The molecule has 5 rings (SSSR count). The second kappa shape index (κ2) is 10.9. The smallest absolute Gasteiger partial charge is 0.308 e. The molecule has 4 aromatic rings. The molecule has 186 valence electrons. The average molecular weight is 509 g/mol. The van der Waals surface area contributed by atoms with Crippen molar-refractivity contribution in [2.24, 2.45) is 0 Å². The first-order valence-corrected chi connectivity index (χ1v) is 13.1. The summed E-state index contributed by atoms with van der Waals surface area (Å²) in [5.74, 6) is -0.813. The van der Waals surface area contributed by atoms with Gasteiger partial charge in [-0.3, -0.25) is 9.59 Å². The van der Waals surface area contributed by atoms with Crippen molar-refractivity contribution in [3.63, 3.8) is 0 Å². The van der Waals surface area contributed by atoms with Crippen molar-refractivity contribution in [3.8, 4) is 0 Å². The van der Waals surface area contributed by atoms with E-state index in [0.29, 0.717) is 17.8 Å². The number of esters is 1. The molecule has 6 heteroatoms. The maximum absolute atomic E-state index is 13.3. The predicted molar refractivity (Wildman–Crippen MR) is 148 cm³/mol. The molecule has 1 amide bonds. The van der Waals surface area contributed by atoms with Gasteiger partial charge in [0.15, 0.2) is 0 Å². The minimum absolute atomic E-state index is 0.132. The topological polar surface area (TPSA) is 58.6 Å². The third-order valence-electron chi connectivity index (χ3n) is 6.15. The summed E-state index contributed by atoms with van der Waals surface area (Å²) in [7, 11) is 0. The van der Waals surface area contributed by atoms with Gasteiger partial charge in [-0.05, 0) is 61.4 Å². The van der Waals surface area contributed by atoms with Gasteiger partial charge in [0.1, 0.15) is 0 Å². The monoisotopic (exact) mass is 508 g/mol. The number of aryl methyl sites for hydroxylation is 2. The Morgan fingerprint density at radius 3 is 2.00 bits per heavy atom. The van der Waals surface area contributed by atoms with E-state index in [2.05, 4.69) is 34.5 Å². The van der Waals surface area contributed by atoms with Gasteiger partial charge in [-0.15, -0.1) is 0 Å². The Bertz CT molecular complexity index is 1370. The van der Waals surface area contributed by atoms with Crippen molar-refractivity contribution in [1.29, 1.82) is 0 Å². The number of fused-ring (bicyclic) bond motifs is 2. The second-order valence-electron chi connectivity index (χ2n) is 9.09. The molecule has 0 aromatic heterocycles. The van der Waals surface area contributed by atoms with E-state index in [1.807, 2.05) is 74.5 Å². The summed E-state index contributed by atoms with van der Waals surface area (Å²) in [5.41, 5.74) is 5.52. The van der Waals surface area contributed by atoms with Crippen LogP contribution in [0.5, 0.6) is 0 Å². The van der Waals surface area contributed by atoms with E-state index in [9.17, 15) is 9.59 Å². The summed E-state index contributed by atoms with van der Waals surface area (Å²) < 4.78 is 5.82. The molecule has 0 bridgehead atoms. The Kier molecular flexibility index (Phi) is 7.28. The maximum Gasteiger partial charge on any atom is 0.308 e. The van der Waals surface area contributed by atoms with E-state index in [-0.39, 0.29) is 12.3 Å². The lowest BCUT2D eigenvalue weighted by atomic mass is 10.1. The van der Waals surface area contributed by atoms with Gasteiger partial charge in [-0.25, -0.2) is 0 Å². The maximum atomic E-state index is 13.3. The number of hydrogen-bond acceptors (Lipinski definition) is 5. The normalized spacial score (nSPS) is 12.8. The zero-order chi connectivity index (χ0) is 25.8. The fourth-order valence-corrected chi connectivity index (χ4v) is 5.67. The van der Waals surface area contributed by atoms with Crippen molar-refractivity contribution in [2.75, 3.05) is 16.8 Å². The molecular weight excluding hydrogens is 480 g/mol. The van der Waals surface area contributed by atoms with E-state index in [1.54, 1.807) is 23.9 Å². The summed E-state index contributed by atoms with van der Waals surface area (Å²) in [4.78, 5) is 30.9. The van der Waals surface area contributed by atoms with Crippen molar-refractivity contribution in [1.82, 2.24) is 0 Å². The number of hydrogen-bond donors (Lipinski definition) is 1. The van der Waals surface area contributed by atoms with Crippen LogP contribution in [0.2, 0.25) is 0 Å². The van der Waals surface area contributed by atoms with Gasteiger partial charge in [-0.1, -0.05) is 72.4 Å². The molecule has 1 atom stereocenters. The minimum atomic E-state index is -1.05. The van der Waals surface area contributed by atoms with Crippen molar-refractivity contribution < 1.29 is 14.3 Å². The SMILES string of the molecule is Cc1cc(C)cc(NC(=O)C(OC(=O)CCN2c3ccccc3Sc3ccccc32)c2ccccc2)c1. The third-order valence-corrected chi connectivity index (χ3v) is 7.28. The van der Waals surface area contributed by atoms with Gasteiger partial charge in [0.05, 0.1) is 17.8 Å². The largest absolute Gasteiger partial charge is 0.447 e. The summed E-state index contributed by atoms with van der Waals surface area (Å²) in [6, 6.07) is 31.3. The number of rotatable bonds is 7. The van der Waals surface area contributed by atoms with Crippen LogP contribution in [0.15, 0.2) is 107 Å². The fourth-order valence-electron chi connectivity index (χ4n) is 4.57. The van der Waals surface area contributed by atoms with E-state index in [0.717, 1.165) is 32.3 Å². The highest BCUT2D eigenvalue weighted by molar-refractivity contribution is 7.99. The van der Waals surface area contributed by atoms with Crippen LogP contribution in [0.1, 0.15) is 29.2 Å². The molecule has 1 unspecified atom stereocenters. The van der Waals surface area contributed by atoms with Crippen LogP contribution in [0.4, 0.5) is 17.1 Å². The number of amides is 1. The molecule has 0 spiro atoms. The average Bonchev–Trinajstić information content (AvgIpc) is 2.89. The van der Waals surface area contributed by atoms with E-state index in [1.165, 1.54) is 0 Å². The van der Waals surface area contributed by atoms with E-state index >= 15 is 0 Å². The van der Waals surface area contributed by atoms with Crippen molar-refractivity contribution in [2.45, 2.75) is 36.2 Å². The Hall–Kier alpha value is -4.03. The third kappa shape index (κ3) is 5.70. The lowest BCUT2D eigenvalue weighted by Crippen LogP contribution is -2.28.